The number of hydrogen-bond acceptors (Lipinski definition) is 5. The van der Waals surface area contributed by atoms with Gasteiger partial charge in [0.25, 0.3) is 5.91 Å². The first-order valence-corrected chi connectivity index (χ1v) is 13.2. The molecule has 1 unspecified atom stereocenters. The molecule has 35 heavy (non-hydrogen) atoms. The van der Waals surface area contributed by atoms with E-state index in [0.29, 0.717) is 18.7 Å². The second-order valence-corrected chi connectivity index (χ2v) is 11.0. The van der Waals surface area contributed by atoms with Crippen molar-refractivity contribution in [2.75, 3.05) is 31.5 Å². The van der Waals surface area contributed by atoms with Crippen molar-refractivity contribution in [1.82, 2.24) is 14.5 Å². The third kappa shape index (κ3) is 5.88. The van der Waals surface area contributed by atoms with Crippen molar-refractivity contribution in [1.29, 1.82) is 0 Å². The summed E-state index contributed by atoms with van der Waals surface area (Å²) in [5.41, 5.74) is 1.96. The molecule has 9 nitrogen and oxygen atoms in total. The van der Waals surface area contributed by atoms with Gasteiger partial charge < -0.3 is 15.5 Å². The van der Waals surface area contributed by atoms with Gasteiger partial charge >= 0.3 is 0 Å². The van der Waals surface area contributed by atoms with Crippen LogP contribution in [0.1, 0.15) is 48.7 Å². The lowest BCUT2D eigenvalue weighted by Gasteiger charge is -2.33. The summed E-state index contributed by atoms with van der Waals surface area (Å²) in [6.07, 6.45) is 1.88. The number of hydrogen-bond donors (Lipinski definition) is 2. The van der Waals surface area contributed by atoms with E-state index in [1.54, 1.807) is 4.90 Å². The van der Waals surface area contributed by atoms with Crippen LogP contribution in [0.3, 0.4) is 0 Å². The zero-order valence-electron chi connectivity index (χ0n) is 19.9. The molecule has 2 aromatic rings. The maximum atomic E-state index is 12.9. The van der Waals surface area contributed by atoms with Crippen LogP contribution in [0.2, 0.25) is 0 Å². The van der Waals surface area contributed by atoms with Gasteiger partial charge in [0.2, 0.25) is 21.8 Å². The molecule has 1 saturated carbocycles. The molecular formula is C25H30N4O5S. The third-order valence-corrected chi connectivity index (χ3v) is 8.33. The van der Waals surface area contributed by atoms with Crippen LogP contribution in [0.4, 0.5) is 5.69 Å². The van der Waals surface area contributed by atoms with Crippen molar-refractivity contribution in [3.8, 4) is 0 Å². The average Bonchev–Trinajstić information content (AvgIpc) is 3.70. The van der Waals surface area contributed by atoms with Crippen LogP contribution in [-0.4, -0.2) is 61.5 Å². The van der Waals surface area contributed by atoms with E-state index in [4.69, 9.17) is 0 Å². The first-order valence-electron chi connectivity index (χ1n) is 11.7. The number of carbonyl (C=O) groups excluding carboxylic acids is 3. The lowest BCUT2D eigenvalue weighted by Crippen LogP contribution is -2.49. The van der Waals surface area contributed by atoms with Crippen LogP contribution in [-0.2, 0) is 19.6 Å². The molecular weight excluding hydrogens is 468 g/mol. The smallest absolute Gasteiger partial charge is 0.251 e. The third-order valence-electron chi connectivity index (χ3n) is 6.41. The molecule has 0 radical (unpaired) electrons. The van der Waals surface area contributed by atoms with Gasteiger partial charge in [-0.2, -0.15) is 4.31 Å². The van der Waals surface area contributed by atoms with Gasteiger partial charge in [-0.25, -0.2) is 8.42 Å². The Morgan fingerprint density at radius 3 is 2.06 bits per heavy atom. The van der Waals surface area contributed by atoms with Gasteiger partial charge in [-0.05, 0) is 61.7 Å². The number of anilines is 1. The molecule has 0 aromatic heterocycles. The number of piperazine rings is 1. The van der Waals surface area contributed by atoms with E-state index in [1.165, 1.54) is 35.5 Å². The highest BCUT2D eigenvalue weighted by molar-refractivity contribution is 7.89. The first kappa shape index (κ1) is 24.9. The predicted octanol–water partition coefficient (Wildman–Crippen LogP) is 2.38. The number of nitrogens with one attached hydrogen (secondary N) is 2. The van der Waals surface area contributed by atoms with E-state index in [2.05, 4.69) is 10.6 Å². The normalized spacial score (nSPS) is 17.5. The first-order chi connectivity index (χ1) is 16.6. The summed E-state index contributed by atoms with van der Waals surface area (Å²) in [6, 6.07) is 12.9. The van der Waals surface area contributed by atoms with Gasteiger partial charge in [-0.1, -0.05) is 12.1 Å². The summed E-state index contributed by atoms with van der Waals surface area (Å²) in [4.78, 5) is 37.8. The molecule has 1 heterocycles. The molecule has 3 amide bonds. The number of carbonyl (C=O) groups is 3. The second-order valence-electron chi connectivity index (χ2n) is 9.02. The Balaban J connectivity index is 1.34. The van der Waals surface area contributed by atoms with Crippen LogP contribution in [0.15, 0.2) is 53.4 Å². The molecule has 4 rings (SSSR count). The van der Waals surface area contributed by atoms with Crippen molar-refractivity contribution in [3.05, 3.63) is 59.7 Å². The molecule has 2 N–H and O–H groups in total. The topological polar surface area (TPSA) is 116 Å². The van der Waals surface area contributed by atoms with Crippen molar-refractivity contribution in [2.45, 2.75) is 37.6 Å². The zero-order valence-corrected chi connectivity index (χ0v) is 20.7. The maximum absolute atomic E-state index is 12.9. The lowest BCUT2D eigenvalue weighted by atomic mass is 10.1. The summed E-state index contributed by atoms with van der Waals surface area (Å²) in [6.45, 7) is 4.53. The Morgan fingerprint density at radius 2 is 1.51 bits per heavy atom. The van der Waals surface area contributed by atoms with E-state index in [0.717, 1.165) is 24.1 Å². The van der Waals surface area contributed by atoms with Gasteiger partial charge in [0.05, 0.1) is 10.9 Å². The predicted molar refractivity (Wildman–Crippen MR) is 131 cm³/mol. The second kappa shape index (κ2) is 10.2. The summed E-state index contributed by atoms with van der Waals surface area (Å²) in [5, 5.41) is 5.80. The summed E-state index contributed by atoms with van der Waals surface area (Å²) in [7, 11) is -3.70. The van der Waals surface area contributed by atoms with E-state index >= 15 is 0 Å². The zero-order chi connectivity index (χ0) is 25.2. The van der Waals surface area contributed by atoms with Gasteiger partial charge in [-0.15, -0.1) is 0 Å². The number of nitrogens with zero attached hydrogens (tertiary/aromatic N) is 2. The highest BCUT2D eigenvalue weighted by Crippen LogP contribution is 2.30. The fourth-order valence-corrected chi connectivity index (χ4v) is 5.40. The summed E-state index contributed by atoms with van der Waals surface area (Å²) >= 11 is 0. The molecule has 2 fully saturated rings. The molecule has 2 aliphatic rings. The van der Waals surface area contributed by atoms with Gasteiger partial charge in [-0.3, -0.25) is 14.4 Å². The molecule has 186 valence electrons. The fraction of sp³-hybridized carbons (Fsp3) is 0.400. The molecule has 0 spiro atoms. The molecule has 1 saturated heterocycles. The molecule has 1 atom stereocenters. The van der Waals surface area contributed by atoms with Crippen molar-refractivity contribution in [3.63, 3.8) is 0 Å². The van der Waals surface area contributed by atoms with Crippen LogP contribution < -0.4 is 10.6 Å². The average molecular weight is 499 g/mol. The monoisotopic (exact) mass is 498 g/mol. The Kier molecular flexibility index (Phi) is 7.23. The van der Waals surface area contributed by atoms with Gasteiger partial charge in [0, 0.05) is 50.3 Å². The number of rotatable bonds is 7. The molecule has 1 aliphatic carbocycles. The molecule has 2 aromatic carbocycles. The molecule has 10 heteroatoms. The van der Waals surface area contributed by atoms with Gasteiger partial charge in [0.15, 0.2) is 0 Å². The fourth-order valence-electron chi connectivity index (χ4n) is 3.98. The Morgan fingerprint density at radius 1 is 0.914 bits per heavy atom. The van der Waals surface area contributed by atoms with Crippen LogP contribution in [0, 0.1) is 5.92 Å². The SMILES string of the molecule is CC(=O)N1CCN(S(=O)(=O)c2ccc(C(=O)NC(C)c3ccc(NC(=O)C4CC4)cc3)cc2)CC1. The number of amides is 3. The van der Waals surface area contributed by atoms with E-state index < -0.39 is 10.0 Å². The number of benzene rings is 2. The van der Waals surface area contributed by atoms with Gasteiger partial charge in [0.1, 0.15) is 0 Å². The minimum Gasteiger partial charge on any atom is -0.346 e. The van der Waals surface area contributed by atoms with E-state index in [-0.39, 0.29) is 47.7 Å². The molecule has 0 bridgehead atoms. The highest BCUT2D eigenvalue weighted by Gasteiger charge is 2.30. The Labute approximate surface area is 205 Å². The quantitative estimate of drug-likeness (QED) is 0.608. The van der Waals surface area contributed by atoms with Crippen LogP contribution in [0.25, 0.3) is 0 Å². The summed E-state index contributed by atoms with van der Waals surface area (Å²) < 4.78 is 27.2. The highest BCUT2D eigenvalue weighted by atomic mass is 32.2. The van der Waals surface area contributed by atoms with E-state index in [9.17, 15) is 22.8 Å². The minimum absolute atomic E-state index is 0.0443. The van der Waals surface area contributed by atoms with E-state index in [1.807, 2.05) is 31.2 Å². The maximum Gasteiger partial charge on any atom is 0.251 e. The summed E-state index contributed by atoms with van der Waals surface area (Å²) in [5.74, 6) is -0.209. The Hall–Kier alpha value is -3.24. The largest absolute Gasteiger partial charge is 0.346 e. The van der Waals surface area contributed by atoms with Crippen LogP contribution >= 0.6 is 0 Å². The van der Waals surface area contributed by atoms with Crippen molar-refractivity contribution in [2.24, 2.45) is 5.92 Å². The van der Waals surface area contributed by atoms with Crippen molar-refractivity contribution >= 4 is 33.4 Å². The molecule has 1 aliphatic heterocycles. The van der Waals surface area contributed by atoms with Crippen LogP contribution in [0.5, 0.6) is 0 Å². The number of sulfonamides is 1. The standard InChI is InChI=1S/C25H30N4O5S/c1-17(19-5-9-22(10-6-19)27-25(32)20-3-4-20)26-24(31)21-7-11-23(12-8-21)35(33,34)29-15-13-28(14-16-29)18(2)30/h5-12,17,20H,3-4,13-16H2,1-2H3,(H,26,31)(H,27,32). The lowest BCUT2D eigenvalue weighted by molar-refractivity contribution is -0.130. The minimum atomic E-state index is -3.70. The van der Waals surface area contributed by atoms with Crippen molar-refractivity contribution < 1.29 is 22.8 Å². The Bertz CT molecular complexity index is 1200.